The van der Waals surface area contributed by atoms with E-state index < -0.39 is 4.92 Å². The second-order valence-corrected chi connectivity index (χ2v) is 6.56. The molecule has 0 N–H and O–H groups in total. The van der Waals surface area contributed by atoms with Crippen LogP contribution in [0.4, 0.5) is 11.4 Å². The highest BCUT2D eigenvalue weighted by Crippen LogP contribution is 2.31. The summed E-state index contributed by atoms with van der Waals surface area (Å²) in [6.07, 6.45) is 1.59. The van der Waals surface area contributed by atoms with E-state index in [1.54, 1.807) is 31.5 Å². The Kier molecular flexibility index (Phi) is 6.33. The molecule has 0 aliphatic rings. The molecule has 0 bridgehead atoms. The van der Waals surface area contributed by atoms with Crippen molar-refractivity contribution in [1.29, 1.82) is 0 Å². The van der Waals surface area contributed by atoms with E-state index >= 15 is 0 Å². The first-order chi connectivity index (χ1) is 12.3. The summed E-state index contributed by atoms with van der Waals surface area (Å²) in [5, 5.41) is 11.3. The molecule has 0 amide bonds. The molecule has 6 heteroatoms. The van der Waals surface area contributed by atoms with Crippen molar-refractivity contribution in [3.8, 4) is 11.5 Å². The molecule has 6 nitrogen and oxygen atoms in total. The largest absolute Gasteiger partial charge is 0.493 e. The van der Waals surface area contributed by atoms with E-state index in [1.807, 2.05) is 26.0 Å². The van der Waals surface area contributed by atoms with Crippen molar-refractivity contribution in [2.75, 3.05) is 13.7 Å². The first kappa shape index (κ1) is 19.4. The number of hydrogen-bond donors (Lipinski definition) is 0. The van der Waals surface area contributed by atoms with Crippen molar-refractivity contribution < 1.29 is 14.4 Å². The summed E-state index contributed by atoms with van der Waals surface area (Å²) in [5.41, 5.74) is 2.92. The maximum Gasteiger partial charge on any atom is 0.295 e. The maximum atomic E-state index is 11.3. The van der Waals surface area contributed by atoms with Crippen LogP contribution in [-0.2, 0) is 0 Å². The first-order valence-electron chi connectivity index (χ1n) is 8.42. The van der Waals surface area contributed by atoms with Crippen LogP contribution in [-0.4, -0.2) is 24.9 Å². The third-order valence-electron chi connectivity index (χ3n) is 3.90. The zero-order valence-corrected chi connectivity index (χ0v) is 15.8. The van der Waals surface area contributed by atoms with Crippen molar-refractivity contribution in [2.45, 2.75) is 27.7 Å². The molecule has 0 heterocycles. The second kappa shape index (κ2) is 8.47. The summed E-state index contributed by atoms with van der Waals surface area (Å²) in [4.78, 5) is 15.2. The number of nitrogens with zero attached hydrogens (tertiary/aromatic N) is 2. The Balaban J connectivity index is 2.31. The van der Waals surface area contributed by atoms with Gasteiger partial charge in [0.05, 0.1) is 18.6 Å². The summed E-state index contributed by atoms with van der Waals surface area (Å²) in [5.74, 6) is 1.67. The van der Waals surface area contributed by atoms with Crippen LogP contribution >= 0.6 is 0 Å². The molecule has 26 heavy (non-hydrogen) atoms. The van der Waals surface area contributed by atoms with Gasteiger partial charge in [0.1, 0.15) is 5.69 Å². The highest BCUT2D eigenvalue weighted by Gasteiger charge is 2.14. The molecule has 0 aliphatic heterocycles. The lowest BCUT2D eigenvalue weighted by molar-refractivity contribution is -0.384. The van der Waals surface area contributed by atoms with Crippen LogP contribution in [0.5, 0.6) is 11.5 Å². The lowest BCUT2D eigenvalue weighted by atomic mass is 10.1. The van der Waals surface area contributed by atoms with Gasteiger partial charge in [-0.25, -0.2) is 4.99 Å². The monoisotopic (exact) mass is 356 g/mol. The van der Waals surface area contributed by atoms with Crippen molar-refractivity contribution in [3.63, 3.8) is 0 Å². The lowest BCUT2D eigenvalue weighted by Gasteiger charge is -2.12. The third kappa shape index (κ3) is 4.81. The Hall–Kier alpha value is -2.89. The van der Waals surface area contributed by atoms with Gasteiger partial charge in [-0.3, -0.25) is 10.1 Å². The molecule has 2 aromatic carbocycles. The third-order valence-corrected chi connectivity index (χ3v) is 3.90. The molecule has 0 unspecified atom stereocenters. The normalized spacial score (nSPS) is 11.2. The van der Waals surface area contributed by atoms with E-state index in [9.17, 15) is 10.1 Å². The summed E-state index contributed by atoms with van der Waals surface area (Å²) in [6.45, 7) is 8.49. The van der Waals surface area contributed by atoms with Gasteiger partial charge in [0.25, 0.3) is 5.69 Å². The second-order valence-electron chi connectivity index (χ2n) is 6.56. The van der Waals surface area contributed by atoms with Gasteiger partial charge in [0.2, 0.25) is 0 Å². The predicted molar refractivity (Wildman–Crippen MR) is 103 cm³/mol. The van der Waals surface area contributed by atoms with Crippen molar-refractivity contribution in [3.05, 3.63) is 57.1 Å². The number of aryl methyl sites for hydroxylation is 2. The molecule has 0 atom stereocenters. The van der Waals surface area contributed by atoms with Crippen LogP contribution in [0.3, 0.4) is 0 Å². The Labute approximate surface area is 153 Å². The van der Waals surface area contributed by atoms with Crippen LogP contribution in [0.25, 0.3) is 0 Å². The number of nitro benzene ring substituents is 1. The highest BCUT2D eigenvalue weighted by atomic mass is 16.6. The quantitative estimate of drug-likeness (QED) is 0.397. The molecule has 0 saturated carbocycles. The summed E-state index contributed by atoms with van der Waals surface area (Å²) in [6, 6.07) is 8.73. The number of benzene rings is 2. The molecule has 2 aromatic rings. The predicted octanol–water partition coefficient (Wildman–Crippen LogP) is 5.01. The van der Waals surface area contributed by atoms with Crippen LogP contribution in [0.15, 0.2) is 35.3 Å². The Morgan fingerprint density at radius 3 is 2.46 bits per heavy atom. The number of nitro groups is 1. The molecule has 2 rings (SSSR count). The minimum Gasteiger partial charge on any atom is -0.493 e. The molecule has 0 saturated heterocycles. The summed E-state index contributed by atoms with van der Waals surface area (Å²) in [7, 11) is 1.58. The molecular weight excluding hydrogens is 332 g/mol. The molecule has 0 radical (unpaired) electrons. The van der Waals surface area contributed by atoms with Crippen LogP contribution in [0.2, 0.25) is 0 Å². The van der Waals surface area contributed by atoms with Gasteiger partial charge in [0, 0.05) is 12.3 Å². The number of rotatable bonds is 7. The molecular formula is C20H24N2O4. The number of ether oxygens (including phenoxy) is 2. The van der Waals surface area contributed by atoms with Gasteiger partial charge in [-0.1, -0.05) is 13.8 Å². The van der Waals surface area contributed by atoms with E-state index in [-0.39, 0.29) is 5.69 Å². The molecule has 138 valence electrons. The van der Waals surface area contributed by atoms with E-state index in [0.717, 1.165) is 16.7 Å². The summed E-state index contributed by atoms with van der Waals surface area (Å²) >= 11 is 0. The van der Waals surface area contributed by atoms with Gasteiger partial charge in [-0.15, -0.1) is 0 Å². The first-order valence-corrected chi connectivity index (χ1v) is 8.42. The van der Waals surface area contributed by atoms with Crippen molar-refractivity contribution in [2.24, 2.45) is 10.9 Å². The minimum absolute atomic E-state index is 0.00629. The van der Waals surface area contributed by atoms with E-state index in [2.05, 4.69) is 18.8 Å². The average molecular weight is 356 g/mol. The van der Waals surface area contributed by atoms with Crippen LogP contribution in [0.1, 0.15) is 30.5 Å². The Bertz CT molecular complexity index is 829. The summed E-state index contributed by atoms with van der Waals surface area (Å²) < 4.78 is 11.1. The fraction of sp³-hybridized carbons (Fsp3) is 0.350. The fourth-order valence-electron chi connectivity index (χ4n) is 2.32. The van der Waals surface area contributed by atoms with E-state index in [4.69, 9.17) is 9.47 Å². The van der Waals surface area contributed by atoms with Gasteiger partial charge >= 0.3 is 0 Å². The topological polar surface area (TPSA) is 74.0 Å². The Morgan fingerprint density at radius 1 is 1.15 bits per heavy atom. The molecule has 0 aromatic heterocycles. The standard InChI is InChI=1S/C20H24N2O4/c1-13(2)12-26-19-7-6-16(10-20(19)25-5)11-21-17-8-14(3)15(4)9-18(17)22(23)24/h6-11,13H,12H2,1-5H3. The number of hydrogen-bond acceptors (Lipinski definition) is 5. The van der Waals surface area contributed by atoms with E-state index in [1.165, 1.54) is 0 Å². The number of methoxy groups -OCH3 is 1. The van der Waals surface area contributed by atoms with E-state index in [0.29, 0.717) is 29.7 Å². The zero-order chi connectivity index (χ0) is 19.3. The van der Waals surface area contributed by atoms with Crippen molar-refractivity contribution >= 4 is 17.6 Å². The van der Waals surface area contributed by atoms with Gasteiger partial charge in [-0.05, 0) is 60.7 Å². The van der Waals surface area contributed by atoms with Crippen molar-refractivity contribution in [1.82, 2.24) is 0 Å². The van der Waals surface area contributed by atoms with Gasteiger partial charge in [-0.2, -0.15) is 0 Å². The zero-order valence-electron chi connectivity index (χ0n) is 15.8. The number of aliphatic imine (C=N–C) groups is 1. The fourth-order valence-corrected chi connectivity index (χ4v) is 2.32. The highest BCUT2D eigenvalue weighted by molar-refractivity contribution is 5.84. The lowest BCUT2D eigenvalue weighted by Crippen LogP contribution is -2.05. The van der Waals surface area contributed by atoms with Gasteiger partial charge < -0.3 is 9.47 Å². The maximum absolute atomic E-state index is 11.3. The Morgan fingerprint density at radius 2 is 1.85 bits per heavy atom. The molecule has 0 fully saturated rings. The van der Waals surface area contributed by atoms with Gasteiger partial charge in [0.15, 0.2) is 11.5 Å². The van der Waals surface area contributed by atoms with Crippen LogP contribution < -0.4 is 9.47 Å². The molecule has 0 spiro atoms. The molecule has 0 aliphatic carbocycles. The minimum atomic E-state index is -0.414. The smallest absolute Gasteiger partial charge is 0.295 e. The average Bonchev–Trinajstić information content (AvgIpc) is 2.60. The SMILES string of the molecule is COc1cc(C=Nc2cc(C)c(C)cc2[N+](=O)[O-])ccc1OCC(C)C. The van der Waals surface area contributed by atoms with Crippen LogP contribution in [0, 0.1) is 29.9 Å².